The van der Waals surface area contributed by atoms with E-state index in [1.54, 1.807) is 0 Å². The number of para-hydroxylation sites is 1. The molecular weight excluding hydrogens is 240 g/mol. The van der Waals surface area contributed by atoms with Crippen molar-refractivity contribution in [2.75, 3.05) is 0 Å². The summed E-state index contributed by atoms with van der Waals surface area (Å²) in [6.45, 7) is 6.48. The third kappa shape index (κ3) is 1.68. The van der Waals surface area contributed by atoms with Gasteiger partial charge in [-0.05, 0) is 44.6 Å². The number of rotatable bonds is 2. The van der Waals surface area contributed by atoms with Crippen molar-refractivity contribution >= 4 is 34.9 Å². The van der Waals surface area contributed by atoms with Gasteiger partial charge in [0.05, 0.1) is 16.1 Å². The van der Waals surface area contributed by atoms with E-state index in [4.69, 9.17) is 23.8 Å². The summed E-state index contributed by atoms with van der Waals surface area (Å²) in [5, 5.41) is 0.742. The van der Waals surface area contributed by atoms with E-state index < -0.39 is 0 Å². The molecule has 0 fully saturated rings. The molecule has 0 aliphatic heterocycles. The quantitative estimate of drug-likeness (QED) is 0.783. The number of aromatic nitrogens is 2. The maximum absolute atomic E-state index is 6.25. The summed E-state index contributed by atoms with van der Waals surface area (Å²) >= 11 is 11.6. The van der Waals surface area contributed by atoms with Crippen molar-refractivity contribution in [2.45, 2.75) is 32.7 Å². The van der Waals surface area contributed by atoms with Gasteiger partial charge < -0.3 is 9.55 Å². The van der Waals surface area contributed by atoms with Crippen LogP contribution in [0.2, 0.25) is 5.02 Å². The Hall–Kier alpha value is -0.800. The number of H-pyrrole nitrogens is 1. The molecule has 0 aliphatic rings. The largest absolute Gasteiger partial charge is 0.331 e. The summed E-state index contributed by atoms with van der Waals surface area (Å²) in [6, 6.07) is 5.83. The lowest BCUT2D eigenvalue weighted by Gasteiger charge is -2.26. The molecule has 0 saturated heterocycles. The molecule has 2 aromatic rings. The van der Waals surface area contributed by atoms with Gasteiger partial charge in [0, 0.05) is 5.54 Å². The molecule has 4 heteroatoms. The molecule has 0 saturated carbocycles. The maximum atomic E-state index is 6.25. The van der Waals surface area contributed by atoms with E-state index in [2.05, 4.69) is 30.3 Å². The van der Waals surface area contributed by atoms with Gasteiger partial charge in [-0.1, -0.05) is 24.6 Å². The molecule has 0 radical (unpaired) electrons. The Morgan fingerprint density at radius 1 is 1.44 bits per heavy atom. The normalized spacial score (nSPS) is 12.2. The molecule has 0 amide bonds. The van der Waals surface area contributed by atoms with Crippen molar-refractivity contribution in [1.82, 2.24) is 9.55 Å². The average molecular weight is 255 g/mol. The van der Waals surface area contributed by atoms with Crippen LogP contribution in [0.15, 0.2) is 18.2 Å². The van der Waals surface area contributed by atoms with Crippen molar-refractivity contribution in [1.29, 1.82) is 0 Å². The van der Waals surface area contributed by atoms with Gasteiger partial charge in [0.2, 0.25) is 0 Å². The predicted molar refractivity (Wildman–Crippen MR) is 71.7 cm³/mol. The second-order valence-electron chi connectivity index (χ2n) is 4.57. The molecule has 1 aromatic carbocycles. The van der Waals surface area contributed by atoms with Crippen LogP contribution in [0.5, 0.6) is 0 Å². The molecule has 0 bridgehead atoms. The van der Waals surface area contributed by atoms with Gasteiger partial charge in [0.15, 0.2) is 4.77 Å². The van der Waals surface area contributed by atoms with Crippen molar-refractivity contribution in [3.8, 4) is 0 Å². The highest BCUT2D eigenvalue weighted by molar-refractivity contribution is 7.71. The van der Waals surface area contributed by atoms with Gasteiger partial charge in [0.25, 0.3) is 0 Å². The number of imidazole rings is 1. The van der Waals surface area contributed by atoms with Crippen LogP contribution >= 0.6 is 23.8 Å². The van der Waals surface area contributed by atoms with Crippen LogP contribution in [-0.2, 0) is 5.54 Å². The van der Waals surface area contributed by atoms with Gasteiger partial charge in [-0.25, -0.2) is 0 Å². The van der Waals surface area contributed by atoms with E-state index in [1.807, 2.05) is 18.2 Å². The Bertz CT molecular complexity index is 580. The Kier molecular flexibility index (Phi) is 2.84. The lowest BCUT2D eigenvalue weighted by molar-refractivity contribution is 0.348. The van der Waals surface area contributed by atoms with E-state index in [1.165, 1.54) is 0 Å². The molecule has 1 aromatic heterocycles. The number of aromatic amines is 1. The summed E-state index contributed by atoms with van der Waals surface area (Å²) < 4.78 is 2.84. The fourth-order valence-electron chi connectivity index (χ4n) is 1.85. The van der Waals surface area contributed by atoms with Crippen LogP contribution in [0, 0.1) is 4.77 Å². The molecule has 86 valence electrons. The number of benzene rings is 1. The molecule has 2 nitrogen and oxygen atoms in total. The van der Waals surface area contributed by atoms with E-state index in [9.17, 15) is 0 Å². The SMILES string of the molecule is CCC(C)(C)n1c(=S)[nH]c2cccc(Cl)c21. The zero-order valence-electron chi connectivity index (χ0n) is 9.67. The minimum Gasteiger partial charge on any atom is -0.331 e. The van der Waals surface area contributed by atoms with Gasteiger partial charge in [-0.15, -0.1) is 0 Å². The van der Waals surface area contributed by atoms with Gasteiger partial charge >= 0.3 is 0 Å². The molecule has 1 heterocycles. The van der Waals surface area contributed by atoms with E-state index in [-0.39, 0.29) is 5.54 Å². The summed E-state index contributed by atoms with van der Waals surface area (Å²) in [5.41, 5.74) is 1.97. The molecule has 16 heavy (non-hydrogen) atoms. The number of nitrogens with one attached hydrogen (secondary N) is 1. The molecule has 0 aliphatic carbocycles. The first kappa shape index (κ1) is 11.7. The van der Waals surface area contributed by atoms with Gasteiger partial charge in [-0.3, -0.25) is 0 Å². The van der Waals surface area contributed by atoms with Crippen LogP contribution < -0.4 is 0 Å². The highest BCUT2D eigenvalue weighted by Gasteiger charge is 2.22. The molecule has 1 N–H and O–H groups in total. The number of fused-ring (bicyclic) bond motifs is 1. The molecule has 2 rings (SSSR count). The molecule has 0 atom stereocenters. The lowest BCUT2D eigenvalue weighted by atomic mass is 10.0. The standard InChI is InChI=1S/C12H15ClN2S/c1-4-12(2,3)15-10-8(13)6-5-7-9(10)14-11(15)16/h5-7H,4H2,1-3H3,(H,14,16). The number of halogens is 1. The number of hydrogen-bond acceptors (Lipinski definition) is 1. The van der Waals surface area contributed by atoms with Crippen LogP contribution in [0.4, 0.5) is 0 Å². The topological polar surface area (TPSA) is 20.7 Å². The van der Waals surface area contributed by atoms with Crippen LogP contribution in [-0.4, -0.2) is 9.55 Å². The minimum absolute atomic E-state index is 0.0275. The van der Waals surface area contributed by atoms with Crippen LogP contribution in [0.3, 0.4) is 0 Å². The highest BCUT2D eigenvalue weighted by Crippen LogP contribution is 2.30. The van der Waals surface area contributed by atoms with Crippen molar-refractivity contribution in [3.63, 3.8) is 0 Å². The second kappa shape index (κ2) is 3.90. The van der Waals surface area contributed by atoms with E-state index in [0.717, 1.165) is 27.2 Å². The Morgan fingerprint density at radius 3 is 2.75 bits per heavy atom. The zero-order valence-corrected chi connectivity index (χ0v) is 11.2. The van der Waals surface area contributed by atoms with Gasteiger partial charge in [-0.2, -0.15) is 0 Å². The molecular formula is C12H15ClN2S. The van der Waals surface area contributed by atoms with Crippen LogP contribution in [0.1, 0.15) is 27.2 Å². The Balaban J connectivity index is 2.89. The summed E-state index contributed by atoms with van der Waals surface area (Å²) in [7, 11) is 0. The molecule has 0 spiro atoms. The summed E-state index contributed by atoms with van der Waals surface area (Å²) in [4.78, 5) is 3.20. The summed E-state index contributed by atoms with van der Waals surface area (Å²) in [5.74, 6) is 0. The fraction of sp³-hybridized carbons (Fsp3) is 0.417. The van der Waals surface area contributed by atoms with E-state index in [0.29, 0.717) is 0 Å². The first-order valence-electron chi connectivity index (χ1n) is 5.37. The average Bonchev–Trinajstić information content (AvgIpc) is 2.56. The van der Waals surface area contributed by atoms with Crippen molar-refractivity contribution in [2.24, 2.45) is 0 Å². The Morgan fingerprint density at radius 2 is 2.12 bits per heavy atom. The first-order chi connectivity index (χ1) is 7.47. The lowest BCUT2D eigenvalue weighted by Crippen LogP contribution is -2.25. The highest BCUT2D eigenvalue weighted by atomic mass is 35.5. The van der Waals surface area contributed by atoms with Crippen molar-refractivity contribution < 1.29 is 0 Å². The minimum atomic E-state index is -0.0275. The summed E-state index contributed by atoms with van der Waals surface area (Å²) in [6.07, 6.45) is 0.999. The number of hydrogen-bond donors (Lipinski definition) is 1. The maximum Gasteiger partial charge on any atom is 0.178 e. The van der Waals surface area contributed by atoms with Crippen LogP contribution in [0.25, 0.3) is 11.0 Å². The third-order valence-electron chi connectivity index (χ3n) is 3.13. The monoisotopic (exact) mass is 254 g/mol. The number of nitrogens with zero attached hydrogens (tertiary/aromatic N) is 1. The smallest absolute Gasteiger partial charge is 0.178 e. The molecule has 0 unspecified atom stereocenters. The second-order valence-corrected chi connectivity index (χ2v) is 5.36. The Labute approximate surface area is 105 Å². The zero-order chi connectivity index (χ0) is 11.9. The van der Waals surface area contributed by atoms with Crippen molar-refractivity contribution in [3.05, 3.63) is 28.0 Å². The van der Waals surface area contributed by atoms with E-state index >= 15 is 0 Å². The fourth-order valence-corrected chi connectivity index (χ4v) is 2.56. The first-order valence-corrected chi connectivity index (χ1v) is 6.15. The predicted octanol–water partition coefficient (Wildman–Crippen LogP) is 4.50. The van der Waals surface area contributed by atoms with Gasteiger partial charge in [0.1, 0.15) is 0 Å². The third-order valence-corrected chi connectivity index (χ3v) is 3.72.